The number of nitriles is 1. The standard InChI is InChI=1S/C20H20N2O5/c1-13(15-4-6-17-19(10-15)26-8-7-25-17)22-20(23)12-27-16-5-3-14(11-21)9-18(16)24-2/h3-6,9-10,13H,7-8,12H2,1-2H3,(H,22,23)/t13-/m1/s1. The monoisotopic (exact) mass is 368 g/mol. The number of methoxy groups -OCH3 is 1. The van der Waals surface area contributed by atoms with E-state index >= 15 is 0 Å². The quantitative estimate of drug-likeness (QED) is 0.843. The van der Waals surface area contributed by atoms with Crippen molar-refractivity contribution < 1.29 is 23.7 Å². The van der Waals surface area contributed by atoms with Gasteiger partial charge in [-0.15, -0.1) is 0 Å². The summed E-state index contributed by atoms with van der Waals surface area (Å²) in [4.78, 5) is 12.2. The average molecular weight is 368 g/mol. The third kappa shape index (κ3) is 4.42. The van der Waals surface area contributed by atoms with Crippen LogP contribution in [0.4, 0.5) is 0 Å². The summed E-state index contributed by atoms with van der Waals surface area (Å²) in [7, 11) is 1.48. The van der Waals surface area contributed by atoms with Crippen molar-refractivity contribution in [3.8, 4) is 29.1 Å². The zero-order chi connectivity index (χ0) is 19.2. The predicted molar refractivity (Wildman–Crippen MR) is 97.2 cm³/mol. The molecule has 1 atom stereocenters. The fraction of sp³-hybridized carbons (Fsp3) is 0.300. The van der Waals surface area contributed by atoms with Crippen LogP contribution < -0.4 is 24.3 Å². The Morgan fingerprint density at radius 3 is 2.70 bits per heavy atom. The molecule has 2 aromatic rings. The molecular weight excluding hydrogens is 348 g/mol. The highest BCUT2D eigenvalue weighted by Crippen LogP contribution is 2.32. The average Bonchev–Trinajstić information content (AvgIpc) is 2.71. The number of rotatable bonds is 6. The van der Waals surface area contributed by atoms with Gasteiger partial charge in [-0.25, -0.2) is 0 Å². The van der Waals surface area contributed by atoms with Crippen LogP contribution in [0.1, 0.15) is 24.1 Å². The molecule has 7 nitrogen and oxygen atoms in total. The molecule has 0 radical (unpaired) electrons. The van der Waals surface area contributed by atoms with E-state index in [0.29, 0.717) is 41.8 Å². The number of ether oxygens (including phenoxy) is 4. The van der Waals surface area contributed by atoms with Gasteiger partial charge in [0.25, 0.3) is 5.91 Å². The van der Waals surface area contributed by atoms with Gasteiger partial charge in [-0.2, -0.15) is 5.26 Å². The maximum Gasteiger partial charge on any atom is 0.258 e. The molecule has 0 fully saturated rings. The number of nitrogens with zero attached hydrogens (tertiary/aromatic N) is 1. The van der Waals surface area contributed by atoms with Gasteiger partial charge in [0, 0.05) is 6.07 Å². The van der Waals surface area contributed by atoms with Crippen LogP contribution in [0.3, 0.4) is 0 Å². The van der Waals surface area contributed by atoms with Crippen LogP contribution in [0.25, 0.3) is 0 Å². The number of carbonyl (C=O) groups excluding carboxylic acids is 1. The number of carbonyl (C=O) groups is 1. The second-order valence-electron chi connectivity index (χ2n) is 5.96. The summed E-state index contributed by atoms with van der Waals surface area (Å²) < 4.78 is 21.8. The van der Waals surface area contributed by atoms with Gasteiger partial charge < -0.3 is 24.3 Å². The molecule has 140 valence electrons. The fourth-order valence-corrected chi connectivity index (χ4v) is 2.70. The number of hydrogen-bond acceptors (Lipinski definition) is 6. The zero-order valence-electron chi connectivity index (χ0n) is 15.2. The van der Waals surface area contributed by atoms with Crippen LogP contribution in [-0.4, -0.2) is 32.8 Å². The van der Waals surface area contributed by atoms with Crippen molar-refractivity contribution in [3.05, 3.63) is 47.5 Å². The SMILES string of the molecule is COc1cc(C#N)ccc1OCC(=O)N[C@H](C)c1ccc2c(c1)OCCO2. The van der Waals surface area contributed by atoms with E-state index in [1.165, 1.54) is 7.11 Å². The van der Waals surface area contributed by atoms with Gasteiger partial charge in [-0.1, -0.05) is 6.07 Å². The van der Waals surface area contributed by atoms with E-state index in [4.69, 9.17) is 24.2 Å². The van der Waals surface area contributed by atoms with Crippen LogP contribution in [0.15, 0.2) is 36.4 Å². The lowest BCUT2D eigenvalue weighted by molar-refractivity contribution is -0.123. The largest absolute Gasteiger partial charge is 0.493 e. The molecule has 0 aliphatic carbocycles. The number of hydrogen-bond donors (Lipinski definition) is 1. The lowest BCUT2D eigenvalue weighted by atomic mass is 10.1. The second-order valence-corrected chi connectivity index (χ2v) is 5.96. The molecule has 27 heavy (non-hydrogen) atoms. The lowest BCUT2D eigenvalue weighted by Crippen LogP contribution is -2.31. The highest BCUT2D eigenvalue weighted by molar-refractivity contribution is 5.78. The highest BCUT2D eigenvalue weighted by atomic mass is 16.6. The first-order valence-electron chi connectivity index (χ1n) is 8.50. The molecule has 1 N–H and O–H groups in total. The van der Waals surface area contributed by atoms with Crippen LogP contribution >= 0.6 is 0 Å². The van der Waals surface area contributed by atoms with Crippen molar-refractivity contribution in [2.24, 2.45) is 0 Å². The van der Waals surface area contributed by atoms with E-state index < -0.39 is 0 Å². The third-order valence-electron chi connectivity index (χ3n) is 4.10. The molecule has 2 aromatic carbocycles. The van der Waals surface area contributed by atoms with Crippen molar-refractivity contribution >= 4 is 5.91 Å². The summed E-state index contributed by atoms with van der Waals surface area (Å²) in [6.45, 7) is 2.76. The van der Waals surface area contributed by atoms with Gasteiger partial charge in [0.1, 0.15) is 13.2 Å². The van der Waals surface area contributed by atoms with Crippen LogP contribution in [0.2, 0.25) is 0 Å². The Morgan fingerprint density at radius 2 is 1.96 bits per heavy atom. The fourth-order valence-electron chi connectivity index (χ4n) is 2.70. The van der Waals surface area contributed by atoms with E-state index in [9.17, 15) is 4.79 Å². The molecule has 0 unspecified atom stereocenters. The first-order chi connectivity index (χ1) is 13.1. The number of benzene rings is 2. The predicted octanol–water partition coefficient (Wildman–Crippen LogP) is 2.59. The maximum absolute atomic E-state index is 12.2. The minimum atomic E-state index is -0.274. The van der Waals surface area contributed by atoms with Crippen molar-refractivity contribution in [1.82, 2.24) is 5.32 Å². The molecule has 1 amide bonds. The molecular formula is C20H20N2O5. The summed E-state index contributed by atoms with van der Waals surface area (Å²) >= 11 is 0. The molecule has 0 spiro atoms. The van der Waals surface area contributed by atoms with Crippen molar-refractivity contribution in [2.75, 3.05) is 26.9 Å². The van der Waals surface area contributed by atoms with E-state index in [0.717, 1.165) is 5.56 Å². The molecule has 7 heteroatoms. The number of fused-ring (bicyclic) bond motifs is 1. The lowest BCUT2D eigenvalue weighted by Gasteiger charge is -2.21. The third-order valence-corrected chi connectivity index (χ3v) is 4.10. The number of nitrogens with one attached hydrogen (secondary N) is 1. The highest BCUT2D eigenvalue weighted by Gasteiger charge is 2.16. The molecule has 3 rings (SSSR count). The van der Waals surface area contributed by atoms with Crippen LogP contribution in [0.5, 0.6) is 23.0 Å². The first-order valence-corrected chi connectivity index (χ1v) is 8.50. The summed E-state index contributed by atoms with van der Waals surface area (Å²) in [6, 6.07) is 12.2. The molecule has 0 aromatic heterocycles. The van der Waals surface area contributed by atoms with E-state index in [-0.39, 0.29) is 18.6 Å². The maximum atomic E-state index is 12.2. The van der Waals surface area contributed by atoms with Gasteiger partial charge in [0.05, 0.1) is 24.8 Å². The molecule has 0 bridgehead atoms. The molecule has 1 aliphatic rings. The summed E-state index contributed by atoms with van der Waals surface area (Å²) in [5, 5.41) is 11.8. The Balaban J connectivity index is 1.59. The van der Waals surface area contributed by atoms with Crippen LogP contribution in [0, 0.1) is 11.3 Å². The molecule has 0 saturated carbocycles. The van der Waals surface area contributed by atoms with Gasteiger partial charge in [0.2, 0.25) is 0 Å². The Kier molecular flexibility index (Phi) is 5.67. The van der Waals surface area contributed by atoms with Crippen molar-refractivity contribution in [2.45, 2.75) is 13.0 Å². The Bertz CT molecular complexity index is 875. The van der Waals surface area contributed by atoms with Crippen molar-refractivity contribution in [3.63, 3.8) is 0 Å². The summed E-state index contributed by atoms with van der Waals surface area (Å²) in [5.41, 5.74) is 1.36. The van der Waals surface area contributed by atoms with Gasteiger partial charge >= 0.3 is 0 Å². The van der Waals surface area contributed by atoms with E-state index in [2.05, 4.69) is 5.32 Å². The topological polar surface area (TPSA) is 89.8 Å². The summed E-state index contributed by atoms with van der Waals surface area (Å²) in [5.74, 6) is 1.92. The zero-order valence-corrected chi connectivity index (χ0v) is 15.2. The smallest absolute Gasteiger partial charge is 0.258 e. The first kappa shape index (κ1) is 18.4. The molecule has 0 saturated heterocycles. The Morgan fingerprint density at radius 1 is 1.19 bits per heavy atom. The van der Waals surface area contributed by atoms with E-state index in [1.807, 2.05) is 31.2 Å². The van der Waals surface area contributed by atoms with Crippen LogP contribution in [-0.2, 0) is 4.79 Å². The second kappa shape index (κ2) is 8.32. The minimum absolute atomic E-state index is 0.169. The van der Waals surface area contributed by atoms with Gasteiger partial charge in [0.15, 0.2) is 29.6 Å². The Labute approximate surface area is 157 Å². The van der Waals surface area contributed by atoms with E-state index in [1.54, 1.807) is 18.2 Å². The molecule has 1 aliphatic heterocycles. The van der Waals surface area contributed by atoms with Gasteiger partial charge in [-0.3, -0.25) is 4.79 Å². The molecule has 1 heterocycles. The minimum Gasteiger partial charge on any atom is -0.493 e. The summed E-state index contributed by atoms with van der Waals surface area (Å²) in [6.07, 6.45) is 0. The normalized spacial score (nSPS) is 13.2. The van der Waals surface area contributed by atoms with Crippen molar-refractivity contribution in [1.29, 1.82) is 5.26 Å². The number of amides is 1. The van der Waals surface area contributed by atoms with Gasteiger partial charge in [-0.05, 0) is 36.8 Å². The Hall–Kier alpha value is -3.40.